The molecule has 0 radical (unpaired) electrons. The Morgan fingerprint density at radius 2 is 2.08 bits per heavy atom. The zero-order chi connectivity index (χ0) is 19.2. The van der Waals surface area contributed by atoms with E-state index >= 15 is 0 Å². The van der Waals surface area contributed by atoms with Crippen LogP contribution in [-0.4, -0.2) is 54.8 Å². The van der Waals surface area contributed by atoms with Crippen LogP contribution in [0.1, 0.15) is 12.1 Å². The van der Waals surface area contributed by atoms with E-state index < -0.39 is 16.1 Å². The Morgan fingerprint density at radius 3 is 2.77 bits per heavy atom. The third kappa shape index (κ3) is 5.13. The summed E-state index contributed by atoms with van der Waals surface area (Å²) >= 11 is 0. The van der Waals surface area contributed by atoms with E-state index in [0.717, 1.165) is 0 Å². The molecule has 2 amide bonds. The fourth-order valence-corrected chi connectivity index (χ4v) is 3.13. The molecule has 2 N–H and O–H groups in total. The van der Waals surface area contributed by atoms with E-state index in [1.54, 1.807) is 20.1 Å². The summed E-state index contributed by atoms with van der Waals surface area (Å²) in [5, 5.41) is 1.99. The fraction of sp³-hybridized carbons (Fsp3) is 0.429. The SMILES string of the molecule is COCCCn1ccnc1S(=O)(=O)NC(=O)Nc1nc(C)cc(OC)n1. The molecule has 0 unspecified atom stereocenters. The van der Waals surface area contributed by atoms with Crippen molar-refractivity contribution >= 4 is 22.0 Å². The van der Waals surface area contributed by atoms with E-state index in [2.05, 4.69) is 20.3 Å². The summed E-state index contributed by atoms with van der Waals surface area (Å²) in [7, 11) is -1.20. The minimum atomic E-state index is -4.17. The van der Waals surface area contributed by atoms with Gasteiger partial charge in [0.25, 0.3) is 10.0 Å². The van der Waals surface area contributed by atoms with Gasteiger partial charge in [-0.25, -0.2) is 19.5 Å². The first-order chi connectivity index (χ1) is 12.4. The topological polar surface area (TPSA) is 137 Å². The summed E-state index contributed by atoms with van der Waals surface area (Å²) in [6.07, 6.45) is 3.45. The summed E-state index contributed by atoms with van der Waals surface area (Å²) in [5.74, 6) is 0.155. The average molecular weight is 384 g/mol. The molecular weight excluding hydrogens is 364 g/mol. The molecule has 0 aliphatic rings. The Morgan fingerprint density at radius 1 is 1.31 bits per heavy atom. The van der Waals surface area contributed by atoms with E-state index in [-0.39, 0.29) is 17.0 Å². The van der Waals surface area contributed by atoms with Crippen LogP contribution in [0.15, 0.2) is 23.6 Å². The van der Waals surface area contributed by atoms with Gasteiger partial charge in [-0.3, -0.25) is 5.32 Å². The lowest BCUT2D eigenvalue weighted by Crippen LogP contribution is -2.36. The molecule has 2 heterocycles. The van der Waals surface area contributed by atoms with Crippen molar-refractivity contribution in [2.24, 2.45) is 0 Å². The molecule has 0 aliphatic carbocycles. The maximum absolute atomic E-state index is 12.4. The Hall–Kier alpha value is -2.73. The van der Waals surface area contributed by atoms with E-state index in [1.807, 2.05) is 4.72 Å². The van der Waals surface area contributed by atoms with Gasteiger partial charge in [0, 0.05) is 44.4 Å². The highest BCUT2D eigenvalue weighted by Gasteiger charge is 2.23. The molecular formula is C14H20N6O5S. The number of rotatable bonds is 8. The molecule has 0 bridgehead atoms. The number of aryl methyl sites for hydroxylation is 2. The van der Waals surface area contributed by atoms with Crippen LogP contribution in [-0.2, 0) is 21.3 Å². The van der Waals surface area contributed by atoms with Crippen molar-refractivity contribution in [3.05, 3.63) is 24.2 Å². The maximum atomic E-state index is 12.4. The third-order valence-corrected chi connectivity index (χ3v) is 4.43. The molecule has 0 atom stereocenters. The number of hydrogen-bond acceptors (Lipinski definition) is 8. The lowest BCUT2D eigenvalue weighted by Gasteiger charge is -2.10. The molecule has 12 heteroatoms. The normalized spacial score (nSPS) is 11.2. The summed E-state index contributed by atoms with van der Waals surface area (Å²) < 4.78 is 38.0. The molecule has 0 spiro atoms. The number of imidazole rings is 1. The fourth-order valence-electron chi connectivity index (χ4n) is 2.08. The predicted octanol–water partition coefficient (Wildman–Crippen LogP) is 0.537. The first kappa shape index (κ1) is 19.6. The second-order valence-corrected chi connectivity index (χ2v) is 6.76. The molecule has 2 aromatic heterocycles. The molecule has 0 saturated heterocycles. The van der Waals surface area contributed by atoms with Crippen molar-refractivity contribution in [2.75, 3.05) is 26.1 Å². The first-order valence-electron chi connectivity index (χ1n) is 7.59. The molecule has 142 valence electrons. The van der Waals surface area contributed by atoms with Crippen molar-refractivity contribution in [2.45, 2.75) is 25.0 Å². The predicted molar refractivity (Wildman–Crippen MR) is 91.4 cm³/mol. The highest BCUT2D eigenvalue weighted by atomic mass is 32.2. The van der Waals surface area contributed by atoms with Crippen molar-refractivity contribution < 1.29 is 22.7 Å². The van der Waals surface area contributed by atoms with Gasteiger partial charge < -0.3 is 14.0 Å². The summed E-state index contributed by atoms with van der Waals surface area (Å²) in [6, 6.07) is 0.556. The van der Waals surface area contributed by atoms with Gasteiger partial charge in [0.1, 0.15) is 0 Å². The van der Waals surface area contributed by atoms with Crippen molar-refractivity contribution in [1.29, 1.82) is 0 Å². The number of ether oxygens (including phenoxy) is 2. The van der Waals surface area contributed by atoms with E-state index in [0.29, 0.717) is 25.3 Å². The van der Waals surface area contributed by atoms with Gasteiger partial charge in [0.2, 0.25) is 17.0 Å². The van der Waals surface area contributed by atoms with Crippen LogP contribution in [0.2, 0.25) is 0 Å². The molecule has 2 rings (SSSR count). The van der Waals surface area contributed by atoms with Crippen LogP contribution >= 0.6 is 0 Å². The number of carbonyl (C=O) groups is 1. The van der Waals surface area contributed by atoms with Crippen molar-refractivity contribution in [3.8, 4) is 5.88 Å². The number of sulfonamides is 1. The van der Waals surface area contributed by atoms with Crippen molar-refractivity contribution in [3.63, 3.8) is 0 Å². The van der Waals surface area contributed by atoms with Crippen LogP contribution < -0.4 is 14.8 Å². The number of aromatic nitrogens is 4. The standard InChI is InChI=1S/C14H20N6O5S/c1-10-9-11(25-3)17-12(16-10)18-13(21)19-26(22,23)14-15-5-7-20(14)6-4-8-24-2/h5,7,9H,4,6,8H2,1-3H3,(H2,16,17,18,19,21). The molecule has 26 heavy (non-hydrogen) atoms. The van der Waals surface area contributed by atoms with Gasteiger partial charge in [0.05, 0.1) is 7.11 Å². The number of amides is 2. The Labute approximate surface area is 150 Å². The average Bonchev–Trinajstić information content (AvgIpc) is 3.03. The lowest BCUT2D eigenvalue weighted by atomic mass is 10.4. The Bertz CT molecular complexity index is 866. The van der Waals surface area contributed by atoms with Gasteiger partial charge in [0.15, 0.2) is 0 Å². The summed E-state index contributed by atoms with van der Waals surface area (Å²) in [5.41, 5.74) is 0.545. The molecule has 0 saturated carbocycles. The molecule has 0 aliphatic heterocycles. The summed E-state index contributed by atoms with van der Waals surface area (Å²) in [4.78, 5) is 23.7. The second kappa shape index (κ2) is 8.58. The monoisotopic (exact) mass is 384 g/mol. The Kier molecular flexibility index (Phi) is 6.46. The molecule has 0 aromatic carbocycles. The van der Waals surface area contributed by atoms with Crippen LogP contribution in [0.25, 0.3) is 0 Å². The second-order valence-electron chi connectivity index (χ2n) is 5.18. The highest BCUT2D eigenvalue weighted by molar-refractivity contribution is 7.89. The van der Waals surface area contributed by atoms with Crippen LogP contribution in [0.5, 0.6) is 5.88 Å². The number of urea groups is 1. The smallest absolute Gasteiger partial charge is 0.335 e. The van der Waals surface area contributed by atoms with Crippen LogP contribution in [0.3, 0.4) is 0 Å². The summed E-state index contributed by atoms with van der Waals surface area (Å²) in [6.45, 7) is 2.53. The highest BCUT2D eigenvalue weighted by Crippen LogP contribution is 2.12. The van der Waals surface area contributed by atoms with Crippen molar-refractivity contribution in [1.82, 2.24) is 24.2 Å². The molecule has 2 aromatic rings. The Balaban J connectivity index is 2.08. The van der Waals surface area contributed by atoms with E-state index in [1.165, 1.54) is 24.1 Å². The number of nitrogens with zero attached hydrogens (tertiary/aromatic N) is 4. The zero-order valence-corrected chi connectivity index (χ0v) is 15.4. The number of methoxy groups -OCH3 is 2. The molecule has 0 fully saturated rings. The third-order valence-electron chi connectivity index (χ3n) is 3.16. The van der Waals surface area contributed by atoms with Gasteiger partial charge >= 0.3 is 6.03 Å². The molecule has 11 nitrogen and oxygen atoms in total. The van der Waals surface area contributed by atoms with E-state index in [9.17, 15) is 13.2 Å². The quantitative estimate of drug-likeness (QED) is 0.629. The van der Waals surface area contributed by atoms with Crippen LogP contribution in [0.4, 0.5) is 10.7 Å². The minimum Gasteiger partial charge on any atom is -0.481 e. The largest absolute Gasteiger partial charge is 0.481 e. The zero-order valence-electron chi connectivity index (χ0n) is 14.6. The number of anilines is 1. The van der Waals surface area contributed by atoms with Gasteiger partial charge in [-0.05, 0) is 13.3 Å². The van der Waals surface area contributed by atoms with Gasteiger partial charge in [-0.15, -0.1) is 0 Å². The van der Waals surface area contributed by atoms with E-state index in [4.69, 9.17) is 9.47 Å². The maximum Gasteiger partial charge on any atom is 0.335 e. The van der Waals surface area contributed by atoms with Crippen LogP contribution in [0, 0.1) is 6.92 Å². The minimum absolute atomic E-state index is 0.0852. The lowest BCUT2D eigenvalue weighted by molar-refractivity contribution is 0.189. The first-order valence-corrected chi connectivity index (χ1v) is 9.07. The van der Waals surface area contributed by atoms with Gasteiger partial charge in [-0.1, -0.05) is 0 Å². The number of carbonyl (C=O) groups excluding carboxylic acids is 1. The number of nitrogens with one attached hydrogen (secondary N) is 2. The van der Waals surface area contributed by atoms with Gasteiger partial charge in [-0.2, -0.15) is 13.4 Å². The number of hydrogen-bond donors (Lipinski definition) is 2.